The number of rotatable bonds is 2. The highest BCUT2D eigenvalue weighted by Gasteiger charge is 2.50. The summed E-state index contributed by atoms with van der Waals surface area (Å²) in [6.07, 6.45) is 11.1. The predicted octanol–water partition coefficient (Wildman–Crippen LogP) is 3.15. The summed E-state index contributed by atoms with van der Waals surface area (Å²) in [4.78, 5) is 4.24. The molecule has 0 aliphatic heterocycles. The average Bonchev–Trinajstić information content (AvgIpc) is 2.38. The molecule has 0 spiro atoms. The van der Waals surface area contributed by atoms with Crippen molar-refractivity contribution in [3.05, 3.63) is 30.1 Å². The van der Waals surface area contributed by atoms with Gasteiger partial charge in [0.15, 0.2) is 0 Å². The number of pyridine rings is 1. The van der Waals surface area contributed by atoms with E-state index in [0.717, 1.165) is 29.6 Å². The fourth-order valence-electron chi connectivity index (χ4n) is 5.35. The van der Waals surface area contributed by atoms with Gasteiger partial charge < -0.3 is 5.73 Å². The Bertz CT molecular complexity index is 400. The molecule has 4 saturated carbocycles. The van der Waals surface area contributed by atoms with Crippen LogP contribution >= 0.6 is 0 Å². The van der Waals surface area contributed by atoms with E-state index in [1.807, 2.05) is 18.5 Å². The smallest absolute Gasteiger partial charge is 0.0344 e. The van der Waals surface area contributed by atoms with E-state index < -0.39 is 0 Å². The van der Waals surface area contributed by atoms with Gasteiger partial charge in [-0.2, -0.15) is 0 Å². The van der Waals surface area contributed by atoms with E-state index in [-0.39, 0.29) is 6.04 Å². The minimum atomic E-state index is 0.216. The molecule has 2 heteroatoms. The van der Waals surface area contributed by atoms with Crippen molar-refractivity contribution in [2.75, 3.05) is 0 Å². The van der Waals surface area contributed by atoms with Crippen LogP contribution in [0.15, 0.2) is 24.5 Å². The average molecular weight is 242 g/mol. The standard InChI is InChI=1S/C16H22N2/c17-16(12-2-1-3-18-9-12)15-13-5-10-4-11(7-13)8-14(15)6-10/h1-3,9-11,13-16H,4-8,17H2. The Hall–Kier alpha value is -0.890. The van der Waals surface area contributed by atoms with Crippen LogP contribution in [0.4, 0.5) is 0 Å². The summed E-state index contributed by atoms with van der Waals surface area (Å²) in [6.45, 7) is 0. The second kappa shape index (κ2) is 4.06. The number of nitrogens with two attached hydrogens (primary N) is 1. The molecular weight excluding hydrogens is 220 g/mol. The van der Waals surface area contributed by atoms with Crippen LogP contribution in [-0.2, 0) is 0 Å². The molecular formula is C16H22N2. The first kappa shape index (κ1) is 11.0. The van der Waals surface area contributed by atoms with Crippen molar-refractivity contribution in [2.45, 2.75) is 38.1 Å². The number of aromatic nitrogens is 1. The monoisotopic (exact) mass is 242 g/mol. The quantitative estimate of drug-likeness (QED) is 0.865. The van der Waals surface area contributed by atoms with Gasteiger partial charge in [-0.05, 0) is 73.3 Å². The molecule has 1 heterocycles. The molecule has 2 N–H and O–H groups in total. The topological polar surface area (TPSA) is 38.9 Å². The second-order valence-electron chi connectivity index (χ2n) is 6.82. The molecule has 1 unspecified atom stereocenters. The van der Waals surface area contributed by atoms with Crippen LogP contribution in [0, 0.1) is 29.6 Å². The van der Waals surface area contributed by atoms with Gasteiger partial charge in [0.2, 0.25) is 0 Å². The van der Waals surface area contributed by atoms with Crippen LogP contribution in [0.1, 0.15) is 43.7 Å². The zero-order chi connectivity index (χ0) is 12.1. The van der Waals surface area contributed by atoms with E-state index in [9.17, 15) is 0 Å². The Morgan fingerprint density at radius 3 is 2.28 bits per heavy atom. The van der Waals surface area contributed by atoms with Crippen molar-refractivity contribution in [1.29, 1.82) is 0 Å². The molecule has 1 atom stereocenters. The third-order valence-corrected chi connectivity index (χ3v) is 5.78. The second-order valence-corrected chi connectivity index (χ2v) is 6.82. The van der Waals surface area contributed by atoms with E-state index in [4.69, 9.17) is 5.73 Å². The van der Waals surface area contributed by atoms with Crippen LogP contribution < -0.4 is 5.73 Å². The fraction of sp³-hybridized carbons (Fsp3) is 0.688. The summed E-state index contributed by atoms with van der Waals surface area (Å²) >= 11 is 0. The largest absolute Gasteiger partial charge is 0.324 e. The Balaban J connectivity index is 1.61. The maximum Gasteiger partial charge on any atom is 0.0344 e. The zero-order valence-corrected chi connectivity index (χ0v) is 10.8. The summed E-state index contributed by atoms with van der Waals surface area (Å²) in [7, 11) is 0. The molecule has 0 saturated heterocycles. The highest BCUT2D eigenvalue weighted by Crippen LogP contribution is 2.58. The van der Waals surface area contributed by atoms with Gasteiger partial charge in [-0.25, -0.2) is 0 Å². The highest BCUT2D eigenvalue weighted by atomic mass is 14.7. The minimum Gasteiger partial charge on any atom is -0.324 e. The maximum absolute atomic E-state index is 6.58. The van der Waals surface area contributed by atoms with Crippen LogP contribution in [-0.4, -0.2) is 4.98 Å². The molecule has 0 amide bonds. The number of hydrogen-bond acceptors (Lipinski definition) is 2. The van der Waals surface area contributed by atoms with Gasteiger partial charge in [0.25, 0.3) is 0 Å². The molecule has 18 heavy (non-hydrogen) atoms. The molecule has 0 aromatic carbocycles. The van der Waals surface area contributed by atoms with Crippen LogP contribution in [0.2, 0.25) is 0 Å². The number of hydrogen-bond donors (Lipinski definition) is 1. The van der Waals surface area contributed by atoms with E-state index in [2.05, 4.69) is 11.1 Å². The van der Waals surface area contributed by atoms with Gasteiger partial charge in [0.05, 0.1) is 0 Å². The number of nitrogens with zero attached hydrogens (tertiary/aromatic N) is 1. The summed E-state index contributed by atoms with van der Waals surface area (Å²) in [5, 5.41) is 0. The molecule has 0 radical (unpaired) electrons. The molecule has 96 valence electrons. The van der Waals surface area contributed by atoms with Crippen molar-refractivity contribution < 1.29 is 0 Å². The third-order valence-electron chi connectivity index (χ3n) is 5.78. The lowest BCUT2D eigenvalue weighted by Crippen LogP contribution is -2.48. The lowest BCUT2D eigenvalue weighted by atomic mass is 9.50. The van der Waals surface area contributed by atoms with E-state index in [0.29, 0.717) is 0 Å². The zero-order valence-electron chi connectivity index (χ0n) is 10.8. The Labute approximate surface area is 109 Å². The fourth-order valence-corrected chi connectivity index (χ4v) is 5.35. The Morgan fingerprint density at radius 2 is 1.72 bits per heavy atom. The van der Waals surface area contributed by atoms with Crippen molar-refractivity contribution in [1.82, 2.24) is 4.98 Å². The molecule has 2 nitrogen and oxygen atoms in total. The van der Waals surface area contributed by atoms with Crippen molar-refractivity contribution in [2.24, 2.45) is 35.3 Å². The van der Waals surface area contributed by atoms with Crippen LogP contribution in [0.25, 0.3) is 0 Å². The normalized spacial score (nSPS) is 43.1. The minimum absolute atomic E-state index is 0.216. The molecule has 1 aromatic heterocycles. The Morgan fingerprint density at radius 1 is 1.06 bits per heavy atom. The van der Waals surface area contributed by atoms with Gasteiger partial charge in [0, 0.05) is 18.4 Å². The first-order valence-electron chi connectivity index (χ1n) is 7.46. The van der Waals surface area contributed by atoms with Crippen molar-refractivity contribution in [3.63, 3.8) is 0 Å². The van der Waals surface area contributed by atoms with Crippen LogP contribution in [0.5, 0.6) is 0 Å². The lowest BCUT2D eigenvalue weighted by molar-refractivity contribution is -0.0472. The summed E-state index contributed by atoms with van der Waals surface area (Å²) in [5.41, 5.74) is 7.83. The van der Waals surface area contributed by atoms with Crippen molar-refractivity contribution >= 4 is 0 Å². The van der Waals surface area contributed by atoms with Gasteiger partial charge in [-0.15, -0.1) is 0 Å². The SMILES string of the molecule is NC(c1cccnc1)C1C2CC3CC(C2)CC1C3. The summed E-state index contributed by atoms with van der Waals surface area (Å²) < 4.78 is 0. The van der Waals surface area contributed by atoms with E-state index in [1.165, 1.54) is 37.7 Å². The highest BCUT2D eigenvalue weighted by molar-refractivity contribution is 5.17. The van der Waals surface area contributed by atoms with Gasteiger partial charge in [-0.3, -0.25) is 4.98 Å². The molecule has 5 rings (SSSR count). The first-order chi connectivity index (χ1) is 8.81. The Kier molecular flexibility index (Phi) is 2.47. The van der Waals surface area contributed by atoms with Crippen LogP contribution in [0.3, 0.4) is 0 Å². The predicted molar refractivity (Wildman–Crippen MR) is 71.7 cm³/mol. The van der Waals surface area contributed by atoms with Crippen molar-refractivity contribution in [3.8, 4) is 0 Å². The summed E-state index contributed by atoms with van der Waals surface area (Å²) in [6, 6.07) is 4.39. The van der Waals surface area contributed by atoms with E-state index >= 15 is 0 Å². The van der Waals surface area contributed by atoms with Gasteiger partial charge in [0.1, 0.15) is 0 Å². The van der Waals surface area contributed by atoms with E-state index in [1.54, 1.807) is 0 Å². The lowest BCUT2D eigenvalue weighted by Gasteiger charge is -2.56. The third kappa shape index (κ3) is 1.62. The molecule has 1 aromatic rings. The summed E-state index contributed by atoms with van der Waals surface area (Å²) in [5.74, 6) is 4.59. The maximum atomic E-state index is 6.58. The molecule has 4 bridgehead atoms. The van der Waals surface area contributed by atoms with Gasteiger partial charge in [-0.1, -0.05) is 6.07 Å². The molecule has 4 aliphatic carbocycles. The first-order valence-corrected chi connectivity index (χ1v) is 7.46. The molecule has 4 fully saturated rings. The molecule has 4 aliphatic rings. The van der Waals surface area contributed by atoms with Gasteiger partial charge >= 0.3 is 0 Å².